The molecule has 2 fully saturated rings. The molecule has 0 aliphatic carbocycles. The zero-order valence-electron chi connectivity index (χ0n) is 11.8. The third-order valence-corrected chi connectivity index (χ3v) is 4.45. The Labute approximate surface area is 117 Å². The molecule has 0 spiro atoms. The predicted octanol–water partition coefficient (Wildman–Crippen LogP) is 3.30. The highest BCUT2D eigenvalue weighted by Crippen LogP contribution is 2.24. The van der Waals surface area contributed by atoms with Gasteiger partial charge in [-0.3, -0.25) is 9.80 Å². The SMILES string of the molecule is [CH]1CCCN(C2CCCCN2Cc2ccccc2)C1. The van der Waals surface area contributed by atoms with Gasteiger partial charge in [0.2, 0.25) is 0 Å². The molecule has 0 aromatic heterocycles. The Hall–Kier alpha value is -0.860. The Kier molecular flexibility index (Phi) is 4.52. The Balaban J connectivity index is 1.66. The van der Waals surface area contributed by atoms with Gasteiger partial charge >= 0.3 is 0 Å². The second-order valence-corrected chi connectivity index (χ2v) is 5.86. The first-order valence-electron chi connectivity index (χ1n) is 7.77. The molecule has 0 saturated carbocycles. The van der Waals surface area contributed by atoms with Crippen LogP contribution in [0.1, 0.15) is 37.7 Å². The first kappa shape index (κ1) is 13.1. The molecule has 2 heterocycles. The van der Waals surface area contributed by atoms with Crippen molar-refractivity contribution in [3.05, 3.63) is 42.3 Å². The molecule has 19 heavy (non-hydrogen) atoms. The van der Waals surface area contributed by atoms with E-state index in [2.05, 4.69) is 46.6 Å². The Morgan fingerprint density at radius 3 is 2.68 bits per heavy atom. The zero-order chi connectivity index (χ0) is 12.9. The Morgan fingerprint density at radius 1 is 1.00 bits per heavy atom. The number of hydrogen-bond donors (Lipinski definition) is 0. The van der Waals surface area contributed by atoms with Crippen LogP contribution in [0.2, 0.25) is 0 Å². The van der Waals surface area contributed by atoms with Crippen molar-refractivity contribution in [2.75, 3.05) is 19.6 Å². The van der Waals surface area contributed by atoms with E-state index in [0.29, 0.717) is 6.17 Å². The summed E-state index contributed by atoms with van der Waals surface area (Å²) in [5, 5.41) is 0. The molecule has 2 heteroatoms. The normalized spacial score (nSPS) is 26.4. The first-order valence-corrected chi connectivity index (χ1v) is 7.77. The highest BCUT2D eigenvalue weighted by molar-refractivity contribution is 5.14. The van der Waals surface area contributed by atoms with Crippen LogP contribution < -0.4 is 0 Å². The first-order chi connectivity index (χ1) is 9.43. The minimum atomic E-state index is 0.672. The predicted molar refractivity (Wildman–Crippen MR) is 79.6 cm³/mol. The fourth-order valence-electron chi connectivity index (χ4n) is 3.45. The standard InChI is InChI=1S/C17H25N2/c1-3-9-16(10-4-1)15-19-14-8-5-11-17(19)18-12-6-2-7-13-18/h1,3-4,6,9-10,17H,2,5,7-8,11-15H2. The summed E-state index contributed by atoms with van der Waals surface area (Å²) < 4.78 is 0. The molecule has 3 rings (SSSR count). The van der Waals surface area contributed by atoms with Crippen molar-refractivity contribution in [3.63, 3.8) is 0 Å². The Bertz CT molecular complexity index is 370. The van der Waals surface area contributed by atoms with Gasteiger partial charge in [0, 0.05) is 13.1 Å². The summed E-state index contributed by atoms with van der Waals surface area (Å²) in [7, 11) is 0. The second-order valence-electron chi connectivity index (χ2n) is 5.86. The van der Waals surface area contributed by atoms with Gasteiger partial charge < -0.3 is 0 Å². The highest BCUT2D eigenvalue weighted by Gasteiger charge is 2.28. The van der Waals surface area contributed by atoms with Crippen LogP contribution in [0.5, 0.6) is 0 Å². The van der Waals surface area contributed by atoms with Gasteiger partial charge in [0.25, 0.3) is 0 Å². The van der Waals surface area contributed by atoms with E-state index in [1.54, 1.807) is 0 Å². The lowest BCUT2D eigenvalue weighted by molar-refractivity contribution is 0.00598. The van der Waals surface area contributed by atoms with Crippen LogP contribution in [-0.2, 0) is 6.54 Å². The smallest absolute Gasteiger partial charge is 0.0625 e. The molecule has 2 nitrogen and oxygen atoms in total. The molecule has 0 amide bonds. The van der Waals surface area contributed by atoms with Gasteiger partial charge in [-0.1, -0.05) is 30.3 Å². The molecule has 2 saturated heterocycles. The third kappa shape index (κ3) is 3.37. The monoisotopic (exact) mass is 257 g/mol. The summed E-state index contributed by atoms with van der Waals surface area (Å²) in [6, 6.07) is 10.9. The van der Waals surface area contributed by atoms with Crippen molar-refractivity contribution < 1.29 is 0 Å². The van der Waals surface area contributed by atoms with Crippen LogP contribution in [0.15, 0.2) is 30.3 Å². The van der Waals surface area contributed by atoms with Crippen LogP contribution in [0, 0.1) is 6.42 Å². The zero-order valence-corrected chi connectivity index (χ0v) is 11.8. The number of nitrogens with zero attached hydrogens (tertiary/aromatic N) is 2. The van der Waals surface area contributed by atoms with Gasteiger partial charge in [0.05, 0.1) is 6.17 Å². The van der Waals surface area contributed by atoms with Crippen molar-refractivity contribution >= 4 is 0 Å². The molecule has 2 aliphatic heterocycles. The molecular formula is C17H25N2. The van der Waals surface area contributed by atoms with E-state index in [-0.39, 0.29) is 0 Å². The largest absolute Gasteiger partial charge is 0.288 e. The van der Waals surface area contributed by atoms with Gasteiger partial charge in [-0.25, -0.2) is 0 Å². The average molecular weight is 257 g/mol. The average Bonchev–Trinajstić information content (AvgIpc) is 2.50. The van der Waals surface area contributed by atoms with Gasteiger partial charge in [0.1, 0.15) is 0 Å². The number of piperidine rings is 2. The molecule has 103 valence electrons. The van der Waals surface area contributed by atoms with Crippen molar-refractivity contribution in [2.24, 2.45) is 0 Å². The quantitative estimate of drug-likeness (QED) is 0.820. The molecule has 2 aliphatic rings. The summed E-state index contributed by atoms with van der Waals surface area (Å²) in [6.45, 7) is 4.85. The summed E-state index contributed by atoms with van der Waals surface area (Å²) in [6.07, 6.45) is 9.88. The van der Waals surface area contributed by atoms with E-state index in [1.807, 2.05) is 0 Å². The Morgan fingerprint density at radius 2 is 1.89 bits per heavy atom. The lowest BCUT2D eigenvalue weighted by Crippen LogP contribution is -2.52. The molecule has 1 aromatic rings. The topological polar surface area (TPSA) is 6.48 Å². The number of benzene rings is 1. The maximum Gasteiger partial charge on any atom is 0.0625 e. The van der Waals surface area contributed by atoms with Crippen molar-refractivity contribution in [1.29, 1.82) is 0 Å². The van der Waals surface area contributed by atoms with E-state index in [4.69, 9.17) is 0 Å². The van der Waals surface area contributed by atoms with E-state index in [9.17, 15) is 0 Å². The summed E-state index contributed by atoms with van der Waals surface area (Å²) in [4.78, 5) is 5.38. The van der Waals surface area contributed by atoms with Gasteiger partial charge in [-0.15, -0.1) is 0 Å². The third-order valence-electron chi connectivity index (χ3n) is 4.45. The van der Waals surface area contributed by atoms with Crippen molar-refractivity contribution in [1.82, 2.24) is 9.80 Å². The fraction of sp³-hybridized carbons (Fsp3) is 0.588. The highest BCUT2D eigenvalue weighted by atomic mass is 15.4. The van der Waals surface area contributed by atoms with E-state index in [1.165, 1.54) is 57.3 Å². The molecule has 0 bridgehead atoms. The maximum absolute atomic E-state index is 2.69. The lowest BCUT2D eigenvalue weighted by atomic mass is 10.0. The van der Waals surface area contributed by atoms with E-state index >= 15 is 0 Å². The summed E-state index contributed by atoms with van der Waals surface area (Å²) >= 11 is 0. The number of likely N-dealkylation sites (tertiary alicyclic amines) is 2. The molecule has 1 atom stereocenters. The van der Waals surface area contributed by atoms with Gasteiger partial charge in [0.15, 0.2) is 0 Å². The van der Waals surface area contributed by atoms with E-state index < -0.39 is 0 Å². The van der Waals surface area contributed by atoms with Crippen LogP contribution in [0.25, 0.3) is 0 Å². The number of hydrogen-bond acceptors (Lipinski definition) is 2. The summed E-state index contributed by atoms with van der Waals surface area (Å²) in [5.41, 5.74) is 1.45. The molecule has 0 N–H and O–H groups in total. The van der Waals surface area contributed by atoms with Gasteiger partial charge in [-0.2, -0.15) is 0 Å². The molecule has 1 radical (unpaired) electrons. The maximum atomic E-state index is 2.69. The van der Waals surface area contributed by atoms with Crippen LogP contribution in [0.3, 0.4) is 0 Å². The minimum Gasteiger partial charge on any atom is -0.288 e. The van der Waals surface area contributed by atoms with Crippen LogP contribution in [-0.4, -0.2) is 35.6 Å². The molecule has 1 unspecified atom stereocenters. The fourth-order valence-corrected chi connectivity index (χ4v) is 3.45. The van der Waals surface area contributed by atoms with Crippen LogP contribution in [0.4, 0.5) is 0 Å². The van der Waals surface area contributed by atoms with Crippen molar-refractivity contribution in [2.45, 2.75) is 44.8 Å². The van der Waals surface area contributed by atoms with Crippen LogP contribution >= 0.6 is 0 Å². The number of rotatable bonds is 3. The summed E-state index contributed by atoms with van der Waals surface area (Å²) in [5.74, 6) is 0. The second kappa shape index (κ2) is 6.53. The molecular weight excluding hydrogens is 232 g/mol. The van der Waals surface area contributed by atoms with Gasteiger partial charge in [-0.05, 0) is 57.2 Å². The minimum absolute atomic E-state index is 0.672. The lowest BCUT2D eigenvalue weighted by Gasteiger charge is -2.44. The van der Waals surface area contributed by atoms with E-state index in [0.717, 1.165) is 6.54 Å². The van der Waals surface area contributed by atoms with Crippen molar-refractivity contribution in [3.8, 4) is 0 Å². The molecule has 1 aromatic carbocycles.